The maximum absolute atomic E-state index is 14.1. The molecule has 3 atom stereocenters. The number of hydrogen-bond acceptors (Lipinski definition) is 4. The predicted molar refractivity (Wildman–Crippen MR) is 98.0 cm³/mol. The highest BCUT2D eigenvalue weighted by Gasteiger charge is 2.70. The molecule has 3 rings (SSSR count). The van der Waals surface area contributed by atoms with Gasteiger partial charge in [-0.1, -0.05) is 30.3 Å². The molecular weight excluding hydrogens is 393 g/mol. The molecular formula is C19H19F3N2O3S. The van der Waals surface area contributed by atoms with Crippen molar-refractivity contribution < 1.29 is 27.9 Å². The number of aryl methyl sites for hydroxylation is 1. The Hall–Kier alpha value is -2.39. The molecule has 0 spiro atoms. The average Bonchev–Trinajstić information content (AvgIpc) is 3.07. The number of urea groups is 1. The smallest absolute Gasteiger partial charge is 0.363 e. The molecule has 0 radical (unpaired) electrons. The molecule has 2 heterocycles. The van der Waals surface area contributed by atoms with Crippen LogP contribution in [-0.2, 0) is 0 Å². The Balaban J connectivity index is 2.28. The highest BCUT2D eigenvalue weighted by Crippen LogP contribution is 2.51. The van der Waals surface area contributed by atoms with E-state index < -0.39 is 35.7 Å². The predicted octanol–water partition coefficient (Wildman–Crippen LogP) is 3.84. The van der Waals surface area contributed by atoms with Gasteiger partial charge in [0.15, 0.2) is 5.78 Å². The molecule has 9 heteroatoms. The summed E-state index contributed by atoms with van der Waals surface area (Å²) in [6, 6.07) is 6.92. The van der Waals surface area contributed by atoms with E-state index in [1.165, 1.54) is 31.3 Å². The van der Waals surface area contributed by atoms with Gasteiger partial charge in [-0.15, -0.1) is 11.3 Å². The molecule has 1 aromatic carbocycles. The minimum atomic E-state index is -5.24. The number of Topliss-reactive ketones (excluding diaryl/α,β-unsaturated/α-hetero) is 1. The molecule has 28 heavy (non-hydrogen) atoms. The first-order chi connectivity index (χ1) is 13.0. The van der Waals surface area contributed by atoms with Crippen molar-refractivity contribution in [3.05, 3.63) is 57.8 Å². The third-order valence-corrected chi connectivity index (χ3v) is 6.28. The van der Waals surface area contributed by atoms with Crippen LogP contribution in [0.5, 0.6) is 0 Å². The van der Waals surface area contributed by atoms with Gasteiger partial charge in [0.1, 0.15) is 5.92 Å². The van der Waals surface area contributed by atoms with Crippen molar-refractivity contribution in [1.82, 2.24) is 9.80 Å². The lowest BCUT2D eigenvalue weighted by Gasteiger charge is -2.52. The summed E-state index contributed by atoms with van der Waals surface area (Å²) in [5, 5.41) is 12.5. The molecule has 2 amide bonds. The monoisotopic (exact) mass is 412 g/mol. The normalized spacial score (nSPS) is 25.9. The van der Waals surface area contributed by atoms with E-state index in [1.54, 1.807) is 24.4 Å². The van der Waals surface area contributed by atoms with E-state index in [0.717, 1.165) is 23.3 Å². The van der Waals surface area contributed by atoms with Crippen molar-refractivity contribution in [2.75, 3.05) is 14.1 Å². The van der Waals surface area contributed by atoms with E-state index in [9.17, 15) is 27.9 Å². The average molecular weight is 412 g/mol. The lowest BCUT2D eigenvalue weighted by molar-refractivity contribution is -0.328. The zero-order valence-electron chi connectivity index (χ0n) is 15.4. The third kappa shape index (κ3) is 2.89. The summed E-state index contributed by atoms with van der Waals surface area (Å²) in [6.45, 7) is 1.69. The number of aliphatic hydroxyl groups is 1. The van der Waals surface area contributed by atoms with Crippen LogP contribution in [0.15, 0.2) is 41.8 Å². The van der Waals surface area contributed by atoms with E-state index in [0.29, 0.717) is 10.4 Å². The highest BCUT2D eigenvalue weighted by molar-refractivity contribution is 7.10. The van der Waals surface area contributed by atoms with Crippen LogP contribution in [0.4, 0.5) is 18.0 Å². The minimum absolute atomic E-state index is 0.0329. The van der Waals surface area contributed by atoms with Gasteiger partial charge < -0.3 is 10.0 Å². The maximum Gasteiger partial charge on any atom is 0.437 e. The maximum atomic E-state index is 14.1. The van der Waals surface area contributed by atoms with Crippen molar-refractivity contribution in [2.24, 2.45) is 5.92 Å². The molecule has 5 nitrogen and oxygen atoms in total. The quantitative estimate of drug-likeness (QED) is 0.780. The van der Waals surface area contributed by atoms with Crippen LogP contribution in [0.1, 0.15) is 26.8 Å². The topological polar surface area (TPSA) is 60.9 Å². The zero-order chi connectivity index (χ0) is 20.9. The van der Waals surface area contributed by atoms with Crippen LogP contribution in [0.25, 0.3) is 0 Å². The second-order valence-electron chi connectivity index (χ2n) is 6.80. The molecule has 0 aliphatic carbocycles. The number of rotatable bonds is 3. The lowest BCUT2D eigenvalue weighted by Crippen LogP contribution is -2.73. The van der Waals surface area contributed by atoms with Crippen molar-refractivity contribution in [2.45, 2.75) is 24.9 Å². The molecule has 0 saturated carbocycles. The van der Waals surface area contributed by atoms with Crippen LogP contribution >= 0.6 is 11.3 Å². The molecule has 1 saturated heterocycles. The van der Waals surface area contributed by atoms with Gasteiger partial charge in [-0.25, -0.2) is 4.79 Å². The third-order valence-electron chi connectivity index (χ3n) is 5.20. The number of alkyl halides is 3. The summed E-state index contributed by atoms with van der Waals surface area (Å²) in [5.74, 6) is -2.84. The van der Waals surface area contributed by atoms with Gasteiger partial charge in [-0.05, 0) is 23.9 Å². The van der Waals surface area contributed by atoms with E-state index in [2.05, 4.69) is 0 Å². The Morgan fingerprint density at radius 3 is 2.29 bits per heavy atom. The van der Waals surface area contributed by atoms with Gasteiger partial charge in [0, 0.05) is 24.5 Å². The van der Waals surface area contributed by atoms with Crippen LogP contribution < -0.4 is 0 Å². The fraction of sp³-hybridized carbons (Fsp3) is 0.368. The molecule has 3 unspecified atom stereocenters. The number of amides is 2. The van der Waals surface area contributed by atoms with Gasteiger partial charge in [0.25, 0.3) is 5.72 Å². The minimum Gasteiger partial charge on any atom is -0.363 e. The van der Waals surface area contributed by atoms with Crippen LogP contribution in [-0.4, -0.2) is 52.7 Å². The largest absolute Gasteiger partial charge is 0.437 e. The number of halogens is 3. The second-order valence-corrected chi connectivity index (χ2v) is 7.74. The van der Waals surface area contributed by atoms with Crippen molar-refractivity contribution in [3.8, 4) is 0 Å². The molecule has 1 aromatic heterocycles. The number of carbonyl (C=O) groups excluding carboxylic acids is 2. The zero-order valence-corrected chi connectivity index (χ0v) is 16.2. The summed E-state index contributed by atoms with van der Waals surface area (Å²) in [6.07, 6.45) is -5.24. The fourth-order valence-electron chi connectivity index (χ4n) is 3.64. The summed E-state index contributed by atoms with van der Waals surface area (Å²) < 4.78 is 42.3. The van der Waals surface area contributed by atoms with Gasteiger partial charge >= 0.3 is 12.2 Å². The second kappa shape index (κ2) is 6.89. The Labute approximate surface area is 164 Å². The number of thiophene rings is 1. The van der Waals surface area contributed by atoms with Gasteiger partial charge in [0.05, 0.1) is 6.04 Å². The van der Waals surface area contributed by atoms with Gasteiger partial charge in [0.2, 0.25) is 0 Å². The Kier molecular flexibility index (Phi) is 5.01. The molecule has 2 aromatic rings. The number of hydrogen-bond donors (Lipinski definition) is 1. The Morgan fingerprint density at radius 2 is 1.79 bits per heavy atom. The first-order valence-corrected chi connectivity index (χ1v) is 9.32. The molecule has 0 bridgehead atoms. The van der Waals surface area contributed by atoms with Crippen LogP contribution in [0.2, 0.25) is 0 Å². The molecule has 1 aliphatic rings. The van der Waals surface area contributed by atoms with E-state index >= 15 is 0 Å². The Bertz CT molecular complexity index is 899. The van der Waals surface area contributed by atoms with E-state index in [4.69, 9.17) is 0 Å². The van der Waals surface area contributed by atoms with Crippen LogP contribution in [0.3, 0.4) is 0 Å². The fourth-order valence-corrected chi connectivity index (χ4v) is 4.75. The standard InChI is InChI=1S/C19H19F3N2O3S/c1-11-9-10-28-16(11)14-13(15(25)12-7-5-4-6-8-12)18(27,19(20,21)22)24(3)17(26)23(14)2/h4-10,13-14,27H,1-3H3. The molecule has 1 aliphatic heterocycles. The summed E-state index contributed by atoms with van der Waals surface area (Å²) in [4.78, 5) is 27.6. The molecule has 150 valence electrons. The number of carbonyl (C=O) groups is 2. The molecule has 1 fully saturated rings. The first-order valence-electron chi connectivity index (χ1n) is 8.44. The highest BCUT2D eigenvalue weighted by atomic mass is 32.1. The van der Waals surface area contributed by atoms with Gasteiger partial charge in [-0.2, -0.15) is 13.2 Å². The summed E-state index contributed by atoms with van der Waals surface area (Å²) in [5.41, 5.74) is -2.97. The number of ketones is 1. The summed E-state index contributed by atoms with van der Waals surface area (Å²) in [7, 11) is 2.19. The van der Waals surface area contributed by atoms with Crippen molar-refractivity contribution >= 4 is 23.2 Å². The van der Waals surface area contributed by atoms with E-state index in [1.807, 2.05) is 0 Å². The van der Waals surface area contributed by atoms with Crippen molar-refractivity contribution in [1.29, 1.82) is 0 Å². The SMILES string of the molecule is Cc1ccsc1C1C(C(=O)c2ccccc2)C(O)(C(F)(F)F)N(C)C(=O)N1C. The number of nitrogens with zero attached hydrogens (tertiary/aromatic N) is 2. The van der Waals surface area contributed by atoms with Crippen LogP contribution in [0, 0.1) is 12.8 Å². The Morgan fingerprint density at radius 1 is 1.18 bits per heavy atom. The lowest BCUT2D eigenvalue weighted by atomic mass is 9.77. The first kappa shape index (κ1) is 20.3. The molecule has 1 N–H and O–H groups in total. The van der Waals surface area contributed by atoms with E-state index in [-0.39, 0.29) is 10.5 Å². The van der Waals surface area contributed by atoms with Gasteiger partial charge in [-0.3, -0.25) is 9.69 Å². The number of benzene rings is 1. The van der Waals surface area contributed by atoms with Crippen molar-refractivity contribution in [3.63, 3.8) is 0 Å². The summed E-state index contributed by atoms with van der Waals surface area (Å²) >= 11 is 1.15.